The van der Waals surface area contributed by atoms with Gasteiger partial charge in [0.1, 0.15) is 5.75 Å². The second-order valence-electron chi connectivity index (χ2n) is 2.53. The van der Waals surface area contributed by atoms with Crippen LogP contribution in [0.4, 0.5) is 0 Å². The molecule has 1 aromatic carbocycles. The van der Waals surface area contributed by atoms with E-state index in [-0.39, 0.29) is 6.42 Å². The predicted molar refractivity (Wildman–Crippen MR) is 63.4 cm³/mol. The molecule has 1 N–H and O–H groups in total. The van der Waals surface area contributed by atoms with Crippen LogP contribution < -0.4 is 4.74 Å². The maximum atomic E-state index is 10.4. The van der Waals surface area contributed by atoms with Crippen molar-refractivity contribution in [2.45, 2.75) is 20.3 Å². The molecule has 0 aliphatic carbocycles. The normalized spacial score (nSPS) is 8.80. The van der Waals surface area contributed by atoms with Crippen molar-refractivity contribution in [1.82, 2.24) is 0 Å². The Morgan fingerprint density at radius 1 is 1.47 bits per heavy atom. The van der Waals surface area contributed by atoms with Gasteiger partial charge in [-0.1, -0.05) is 35.8 Å². The summed E-state index contributed by atoms with van der Waals surface area (Å²) in [6.45, 7) is 4.00. The summed E-state index contributed by atoms with van der Waals surface area (Å²) in [5.41, 5.74) is 0.744. The number of aliphatic carboxylic acids is 1. The number of halogens is 1. The van der Waals surface area contributed by atoms with Gasteiger partial charge >= 0.3 is 5.97 Å². The average molecular weight is 275 g/mol. The highest BCUT2D eigenvalue weighted by Gasteiger charge is 2.05. The molecule has 84 valence electrons. The van der Waals surface area contributed by atoms with Crippen LogP contribution in [0.5, 0.6) is 5.75 Å². The SMILES string of the molecule is CC.COc1ccc(CC(=O)O)c(Br)c1. The molecule has 0 amide bonds. The Morgan fingerprint density at radius 3 is 2.47 bits per heavy atom. The molecule has 0 heterocycles. The molecule has 0 bridgehead atoms. The third kappa shape index (κ3) is 4.83. The molecule has 4 heteroatoms. The van der Waals surface area contributed by atoms with Crippen molar-refractivity contribution < 1.29 is 14.6 Å². The van der Waals surface area contributed by atoms with Gasteiger partial charge in [-0.05, 0) is 17.7 Å². The molecule has 0 spiro atoms. The Balaban J connectivity index is 0.000000921. The monoisotopic (exact) mass is 274 g/mol. The highest BCUT2D eigenvalue weighted by Crippen LogP contribution is 2.23. The van der Waals surface area contributed by atoms with Crippen molar-refractivity contribution in [1.29, 1.82) is 0 Å². The van der Waals surface area contributed by atoms with E-state index in [9.17, 15) is 4.79 Å². The van der Waals surface area contributed by atoms with Crippen LogP contribution in [-0.2, 0) is 11.2 Å². The fourth-order valence-electron chi connectivity index (χ4n) is 0.961. The van der Waals surface area contributed by atoms with Crippen molar-refractivity contribution in [3.05, 3.63) is 28.2 Å². The Labute approximate surface area is 98.2 Å². The Hall–Kier alpha value is -1.03. The summed E-state index contributed by atoms with van der Waals surface area (Å²) >= 11 is 3.27. The number of carboxylic acids is 1. The number of carboxylic acid groups (broad SMARTS) is 1. The van der Waals surface area contributed by atoms with Crippen LogP contribution in [0, 0.1) is 0 Å². The van der Waals surface area contributed by atoms with Gasteiger partial charge < -0.3 is 9.84 Å². The van der Waals surface area contributed by atoms with E-state index in [0.717, 1.165) is 10.0 Å². The van der Waals surface area contributed by atoms with Crippen molar-refractivity contribution in [3.8, 4) is 5.75 Å². The van der Waals surface area contributed by atoms with Crippen LogP contribution in [0.3, 0.4) is 0 Å². The zero-order chi connectivity index (χ0) is 11.8. The first kappa shape index (κ1) is 14.0. The molecule has 1 aromatic rings. The predicted octanol–water partition coefficient (Wildman–Crippen LogP) is 3.11. The number of rotatable bonds is 3. The maximum absolute atomic E-state index is 10.4. The van der Waals surface area contributed by atoms with Gasteiger partial charge in [-0.3, -0.25) is 4.79 Å². The molecule has 0 aliphatic rings. The summed E-state index contributed by atoms with van der Waals surface area (Å²) in [5, 5.41) is 8.57. The summed E-state index contributed by atoms with van der Waals surface area (Å²) in [6.07, 6.45) is 0.0184. The molecule has 0 saturated carbocycles. The van der Waals surface area contributed by atoms with E-state index >= 15 is 0 Å². The van der Waals surface area contributed by atoms with Crippen LogP contribution in [0.25, 0.3) is 0 Å². The quantitative estimate of drug-likeness (QED) is 0.921. The minimum absolute atomic E-state index is 0.0184. The number of benzene rings is 1. The van der Waals surface area contributed by atoms with Gasteiger partial charge in [0.15, 0.2) is 0 Å². The van der Waals surface area contributed by atoms with Gasteiger partial charge in [-0.15, -0.1) is 0 Å². The highest BCUT2D eigenvalue weighted by molar-refractivity contribution is 9.10. The molecule has 0 fully saturated rings. The zero-order valence-corrected chi connectivity index (χ0v) is 10.7. The third-order valence-electron chi connectivity index (χ3n) is 1.60. The summed E-state index contributed by atoms with van der Waals surface area (Å²) in [6, 6.07) is 5.22. The van der Waals surface area contributed by atoms with Crippen LogP contribution >= 0.6 is 15.9 Å². The lowest BCUT2D eigenvalue weighted by Gasteiger charge is -2.04. The first-order chi connectivity index (χ1) is 7.13. The first-order valence-corrected chi connectivity index (χ1v) is 5.47. The van der Waals surface area contributed by atoms with Crippen LogP contribution in [0.15, 0.2) is 22.7 Å². The molecule has 1 rings (SSSR count). The van der Waals surface area contributed by atoms with E-state index in [2.05, 4.69) is 15.9 Å². The van der Waals surface area contributed by atoms with Crippen molar-refractivity contribution in [3.63, 3.8) is 0 Å². The number of carbonyl (C=O) groups is 1. The molecular weight excluding hydrogens is 260 g/mol. The molecule has 0 aromatic heterocycles. The lowest BCUT2D eigenvalue weighted by molar-refractivity contribution is -0.136. The number of hydrogen-bond acceptors (Lipinski definition) is 2. The molecule has 0 radical (unpaired) electrons. The summed E-state index contributed by atoms with van der Waals surface area (Å²) in [7, 11) is 1.57. The standard InChI is InChI=1S/C9H9BrO3.C2H6/c1-13-7-3-2-6(4-9(11)12)8(10)5-7;1-2/h2-3,5H,4H2,1H3,(H,11,12);1-2H3. The second kappa shape index (κ2) is 7.29. The minimum atomic E-state index is -0.842. The molecule has 0 atom stereocenters. The van der Waals surface area contributed by atoms with E-state index in [0.29, 0.717) is 5.75 Å². The average Bonchev–Trinajstić information content (AvgIpc) is 2.23. The van der Waals surface area contributed by atoms with E-state index in [1.165, 1.54) is 0 Å². The van der Waals surface area contributed by atoms with Crippen LogP contribution in [0.2, 0.25) is 0 Å². The van der Waals surface area contributed by atoms with Gasteiger partial charge in [-0.2, -0.15) is 0 Å². The summed E-state index contributed by atoms with van der Waals surface area (Å²) in [5.74, 6) is -0.133. The Morgan fingerprint density at radius 2 is 2.07 bits per heavy atom. The topological polar surface area (TPSA) is 46.5 Å². The van der Waals surface area contributed by atoms with Crippen LogP contribution in [-0.4, -0.2) is 18.2 Å². The molecule has 15 heavy (non-hydrogen) atoms. The van der Waals surface area contributed by atoms with Gasteiger partial charge in [-0.25, -0.2) is 0 Å². The number of methoxy groups -OCH3 is 1. The van der Waals surface area contributed by atoms with Crippen molar-refractivity contribution in [2.75, 3.05) is 7.11 Å². The molecule has 0 saturated heterocycles. The maximum Gasteiger partial charge on any atom is 0.307 e. The first-order valence-electron chi connectivity index (χ1n) is 4.67. The van der Waals surface area contributed by atoms with E-state index in [1.807, 2.05) is 13.8 Å². The lowest BCUT2D eigenvalue weighted by Crippen LogP contribution is -2.00. The minimum Gasteiger partial charge on any atom is -0.497 e. The highest BCUT2D eigenvalue weighted by atomic mass is 79.9. The van der Waals surface area contributed by atoms with E-state index in [4.69, 9.17) is 9.84 Å². The molecule has 0 unspecified atom stereocenters. The Bertz CT molecular complexity index is 324. The second-order valence-corrected chi connectivity index (χ2v) is 3.38. The van der Waals surface area contributed by atoms with E-state index in [1.54, 1.807) is 25.3 Å². The third-order valence-corrected chi connectivity index (χ3v) is 2.34. The fourth-order valence-corrected chi connectivity index (χ4v) is 1.46. The number of hydrogen-bond donors (Lipinski definition) is 1. The van der Waals surface area contributed by atoms with Gasteiger partial charge in [0.2, 0.25) is 0 Å². The van der Waals surface area contributed by atoms with E-state index < -0.39 is 5.97 Å². The smallest absolute Gasteiger partial charge is 0.307 e. The summed E-state index contributed by atoms with van der Waals surface area (Å²) in [4.78, 5) is 10.4. The molecule has 0 aliphatic heterocycles. The van der Waals surface area contributed by atoms with Crippen molar-refractivity contribution in [2.24, 2.45) is 0 Å². The lowest BCUT2D eigenvalue weighted by atomic mass is 10.1. The van der Waals surface area contributed by atoms with Gasteiger partial charge in [0.25, 0.3) is 0 Å². The molecule has 3 nitrogen and oxygen atoms in total. The van der Waals surface area contributed by atoms with Gasteiger partial charge in [0, 0.05) is 4.47 Å². The van der Waals surface area contributed by atoms with Gasteiger partial charge in [0.05, 0.1) is 13.5 Å². The zero-order valence-electron chi connectivity index (χ0n) is 9.08. The number of ether oxygens (including phenoxy) is 1. The van der Waals surface area contributed by atoms with Crippen LogP contribution in [0.1, 0.15) is 19.4 Å². The fraction of sp³-hybridized carbons (Fsp3) is 0.364. The van der Waals surface area contributed by atoms with Crippen molar-refractivity contribution >= 4 is 21.9 Å². The Kier molecular flexibility index (Phi) is 6.79. The summed E-state index contributed by atoms with van der Waals surface area (Å²) < 4.78 is 5.74. The largest absolute Gasteiger partial charge is 0.497 e. The molecular formula is C11H15BrO3.